The normalized spacial score (nSPS) is 14.5. The van der Waals surface area contributed by atoms with Crippen LogP contribution in [-0.4, -0.2) is 29.1 Å². The highest BCUT2D eigenvalue weighted by Crippen LogP contribution is 2.38. The van der Waals surface area contributed by atoms with Crippen LogP contribution in [-0.2, 0) is 22.7 Å². The molecule has 3 aromatic carbocycles. The predicted molar refractivity (Wildman–Crippen MR) is 146 cm³/mol. The van der Waals surface area contributed by atoms with E-state index in [1.165, 1.54) is 19.2 Å². The number of amides is 2. The van der Waals surface area contributed by atoms with Crippen LogP contribution >= 0.6 is 35.0 Å². The third kappa shape index (κ3) is 5.29. The number of thioether (sulfide) groups is 1. The molecule has 2 amide bonds. The van der Waals surface area contributed by atoms with Crippen LogP contribution in [0.4, 0.5) is 4.79 Å². The van der Waals surface area contributed by atoms with Crippen LogP contribution in [0.5, 0.6) is 5.75 Å². The number of furan rings is 1. The Morgan fingerprint density at radius 3 is 2.66 bits per heavy atom. The van der Waals surface area contributed by atoms with Crippen LogP contribution < -0.4 is 4.74 Å². The zero-order valence-corrected chi connectivity index (χ0v) is 22.2. The highest BCUT2D eigenvalue weighted by molar-refractivity contribution is 8.18. The van der Waals surface area contributed by atoms with Gasteiger partial charge < -0.3 is 13.9 Å². The number of carbonyl (C=O) groups is 3. The van der Waals surface area contributed by atoms with Crippen molar-refractivity contribution in [3.8, 4) is 5.75 Å². The SMILES string of the molecule is COC(=O)c1ccc(CN2C(=O)S/C(=C/c3c(OCc4ccc(Cl)cc4Cl)ccc4ccccc34)C2=O)o1. The highest BCUT2D eigenvalue weighted by atomic mass is 35.5. The average Bonchev–Trinajstić information content (AvgIpc) is 3.49. The summed E-state index contributed by atoms with van der Waals surface area (Å²) in [6, 6.07) is 19.5. The molecule has 38 heavy (non-hydrogen) atoms. The third-order valence-corrected chi connectivity index (χ3v) is 7.33. The molecule has 1 aliphatic heterocycles. The van der Waals surface area contributed by atoms with E-state index in [0.29, 0.717) is 21.4 Å². The van der Waals surface area contributed by atoms with Crippen molar-refractivity contribution >= 4 is 68.9 Å². The van der Waals surface area contributed by atoms with Crippen LogP contribution in [0, 0.1) is 0 Å². The Kier molecular flexibility index (Phi) is 7.46. The molecule has 2 heterocycles. The lowest BCUT2D eigenvalue weighted by molar-refractivity contribution is -0.123. The molecule has 0 bridgehead atoms. The first-order chi connectivity index (χ1) is 18.3. The molecule has 0 aliphatic carbocycles. The maximum atomic E-state index is 13.2. The van der Waals surface area contributed by atoms with Gasteiger partial charge in [-0.2, -0.15) is 0 Å². The van der Waals surface area contributed by atoms with Crippen molar-refractivity contribution in [1.82, 2.24) is 4.90 Å². The van der Waals surface area contributed by atoms with Gasteiger partial charge in [0, 0.05) is 21.2 Å². The summed E-state index contributed by atoms with van der Waals surface area (Å²) in [4.78, 5) is 38.9. The second-order valence-corrected chi connectivity index (χ2v) is 10.1. The maximum Gasteiger partial charge on any atom is 0.373 e. The Hall–Kier alpha value is -3.72. The lowest BCUT2D eigenvalue weighted by atomic mass is 10.0. The topological polar surface area (TPSA) is 86.0 Å². The number of benzene rings is 3. The molecule has 0 N–H and O–H groups in total. The molecular formula is C28H19Cl2NO6S. The number of esters is 1. The van der Waals surface area contributed by atoms with Crippen molar-refractivity contribution in [3.05, 3.63) is 104 Å². The molecule has 1 saturated heterocycles. The van der Waals surface area contributed by atoms with Crippen LogP contribution in [0.25, 0.3) is 16.8 Å². The van der Waals surface area contributed by atoms with E-state index in [1.807, 2.05) is 36.4 Å². The van der Waals surface area contributed by atoms with E-state index in [4.69, 9.17) is 32.4 Å². The first-order valence-electron chi connectivity index (χ1n) is 11.3. The predicted octanol–water partition coefficient (Wildman–Crippen LogP) is 7.34. The van der Waals surface area contributed by atoms with Gasteiger partial charge in [0.1, 0.15) is 18.1 Å². The van der Waals surface area contributed by atoms with Gasteiger partial charge in [-0.25, -0.2) is 4.79 Å². The molecule has 7 nitrogen and oxygen atoms in total. The standard InChI is InChI=1S/C28H19Cl2NO6S/c1-35-27(33)24-11-9-19(37-24)14-31-26(32)25(38-28(31)34)13-21-20-5-3-2-4-16(20)7-10-23(21)36-15-17-6-8-18(29)12-22(17)30/h2-13H,14-15H2,1H3/b25-13+. The number of rotatable bonds is 7. The molecule has 0 radical (unpaired) electrons. The number of methoxy groups -OCH3 is 1. The van der Waals surface area contributed by atoms with Crippen LogP contribution in [0.15, 0.2) is 76.1 Å². The second-order valence-electron chi connectivity index (χ2n) is 8.25. The van der Waals surface area contributed by atoms with E-state index < -0.39 is 17.1 Å². The number of hydrogen-bond donors (Lipinski definition) is 0. The third-order valence-electron chi connectivity index (χ3n) is 5.84. The van der Waals surface area contributed by atoms with Gasteiger partial charge in [0.2, 0.25) is 5.76 Å². The molecule has 1 fully saturated rings. The Labute approximate surface area is 231 Å². The maximum absolute atomic E-state index is 13.2. The van der Waals surface area contributed by atoms with E-state index in [9.17, 15) is 14.4 Å². The van der Waals surface area contributed by atoms with Crippen molar-refractivity contribution < 1.29 is 28.3 Å². The van der Waals surface area contributed by atoms with E-state index in [1.54, 1.807) is 24.3 Å². The Morgan fingerprint density at radius 1 is 1.05 bits per heavy atom. The Balaban J connectivity index is 1.45. The van der Waals surface area contributed by atoms with Crippen molar-refractivity contribution in [2.24, 2.45) is 0 Å². The van der Waals surface area contributed by atoms with Gasteiger partial charge in [0.25, 0.3) is 11.1 Å². The summed E-state index contributed by atoms with van der Waals surface area (Å²) in [5.41, 5.74) is 1.41. The number of fused-ring (bicyclic) bond motifs is 1. The number of halogens is 2. The number of ether oxygens (including phenoxy) is 2. The molecule has 0 unspecified atom stereocenters. The fourth-order valence-electron chi connectivity index (χ4n) is 3.94. The first-order valence-corrected chi connectivity index (χ1v) is 12.9. The van der Waals surface area contributed by atoms with Crippen molar-refractivity contribution in [2.45, 2.75) is 13.2 Å². The average molecular weight is 568 g/mol. The Bertz CT molecular complexity index is 1610. The fourth-order valence-corrected chi connectivity index (χ4v) is 5.22. The molecule has 1 aliphatic rings. The molecule has 10 heteroatoms. The van der Waals surface area contributed by atoms with E-state index in [0.717, 1.165) is 33.0 Å². The molecule has 0 atom stereocenters. The first kappa shape index (κ1) is 25.9. The largest absolute Gasteiger partial charge is 0.488 e. The van der Waals surface area contributed by atoms with Crippen LogP contribution in [0.3, 0.4) is 0 Å². The molecule has 0 saturated carbocycles. The number of carbonyl (C=O) groups excluding carboxylic acids is 3. The second kappa shape index (κ2) is 10.9. The van der Waals surface area contributed by atoms with Crippen LogP contribution in [0.2, 0.25) is 10.0 Å². The monoisotopic (exact) mass is 567 g/mol. The van der Waals surface area contributed by atoms with E-state index in [2.05, 4.69) is 4.74 Å². The lowest BCUT2D eigenvalue weighted by Gasteiger charge is -2.14. The summed E-state index contributed by atoms with van der Waals surface area (Å²) in [6.07, 6.45) is 1.66. The smallest absolute Gasteiger partial charge is 0.373 e. The summed E-state index contributed by atoms with van der Waals surface area (Å²) >= 11 is 13.1. The molecule has 4 aromatic rings. The van der Waals surface area contributed by atoms with Gasteiger partial charge >= 0.3 is 5.97 Å². The molecule has 5 rings (SSSR count). The minimum Gasteiger partial charge on any atom is -0.488 e. The summed E-state index contributed by atoms with van der Waals surface area (Å²) in [6.45, 7) is 0.0602. The van der Waals surface area contributed by atoms with Gasteiger partial charge in [-0.05, 0) is 58.9 Å². The summed E-state index contributed by atoms with van der Waals surface area (Å²) in [5, 5.41) is 2.35. The van der Waals surface area contributed by atoms with Gasteiger partial charge in [0.05, 0.1) is 18.6 Å². The minimum absolute atomic E-state index is 0.0108. The van der Waals surface area contributed by atoms with E-state index >= 15 is 0 Å². The number of hydrogen-bond acceptors (Lipinski definition) is 7. The van der Waals surface area contributed by atoms with Gasteiger partial charge in [-0.3, -0.25) is 14.5 Å². The quantitative estimate of drug-likeness (QED) is 0.170. The molecule has 1 aromatic heterocycles. The van der Waals surface area contributed by atoms with Gasteiger partial charge in [-0.1, -0.05) is 59.6 Å². The molecular weight excluding hydrogens is 549 g/mol. The van der Waals surface area contributed by atoms with Gasteiger partial charge in [-0.15, -0.1) is 0 Å². The van der Waals surface area contributed by atoms with Crippen molar-refractivity contribution in [1.29, 1.82) is 0 Å². The fraction of sp³-hybridized carbons (Fsp3) is 0.107. The van der Waals surface area contributed by atoms with Crippen LogP contribution in [0.1, 0.15) is 27.4 Å². The highest BCUT2D eigenvalue weighted by Gasteiger charge is 2.36. The molecule has 0 spiro atoms. The summed E-state index contributed by atoms with van der Waals surface area (Å²) in [5.74, 6) is -0.328. The minimum atomic E-state index is -0.645. The van der Waals surface area contributed by atoms with Gasteiger partial charge in [0.15, 0.2) is 0 Å². The summed E-state index contributed by atoms with van der Waals surface area (Å²) in [7, 11) is 1.24. The zero-order chi connectivity index (χ0) is 26.8. The number of imide groups is 1. The lowest BCUT2D eigenvalue weighted by Crippen LogP contribution is -2.27. The number of nitrogens with zero attached hydrogens (tertiary/aromatic N) is 1. The molecule has 192 valence electrons. The van der Waals surface area contributed by atoms with E-state index in [-0.39, 0.29) is 29.6 Å². The van der Waals surface area contributed by atoms with Crippen molar-refractivity contribution in [3.63, 3.8) is 0 Å². The Morgan fingerprint density at radius 2 is 1.87 bits per heavy atom. The summed E-state index contributed by atoms with van der Waals surface area (Å²) < 4.78 is 16.2. The van der Waals surface area contributed by atoms with Crippen molar-refractivity contribution in [2.75, 3.05) is 7.11 Å². The zero-order valence-electron chi connectivity index (χ0n) is 19.9.